The molecule has 1 heterocycles. The highest BCUT2D eigenvalue weighted by Gasteiger charge is 2.45. The first-order chi connectivity index (χ1) is 9.84. The van der Waals surface area contributed by atoms with Crippen molar-refractivity contribution >= 4 is 5.97 Å². The number of piperazine rings is 1. The van der Waals surface area contributed by atoms with Gasteiger partial charge in [0.15, 0.2) is 0 Å². The largest absolute Gasteiger partial charge is 0.480 e. The van der Waals surface area contributed by atoms with Gasteiger partial charge in [-0.15, -0.1) is 0 Å². The predicted octanol–water partition coefficient (Wildman–Crippen LogP) is 1.39. The van der Waals surface area contributed by atoms with Crippen LogP contribution in [0.4, 0.5) is 0 Å². The average molecular weight is 297 g/mol. The Kier molecular flexibility index (Phi) is 5.28. The monoisotopic (exact) mass is 297 g/mol. The number of carboxylic acids is 1. The van der Waals surface area contributed by atoms with E-state index in [0.717, 1.165) is 45.3 Å². The third-order valence-electron chi connectivity index (χ3n) is 5.05. The number of hydrogen-bond acceptors (Lipinski definition) is 4. The number of rotatable bonds is 4. The fourth-order valence-electron chi connectivity index (χ4n) is 4.16. The lowest BCUT2D eigenvalue weighted by Crippen LogP contribution is -2.62. The zero-order valence-corrected chi connectivity index (χ0v) is 13.9. The molecule has 3 atom stereocenters. The molecule has 2 N–H and O–H groups in total. The number of carbonyl (C=O) groups is 1. The Morgan fingerprint density at radius 1 is 1.38 bits per heavy atom. The van der Waals surface area contributed by atoms with Crippen molar-refractivity contribution in [1.29, 1.82) is 0 Å². The van der Waals surface area contributed by atoms with Gasteiger partial charge in [0.1, 0.15) is 5.54 Å². The van der Waals surface area contributed by atoms with Gasteiger partial charge in [0.2, 0.25) is 0 Å². The fourth-order valence-corrected chi connectivity index (χ4v) is 4.16. The normalized spacial score (nSPS) is 36.0. The molecule has 5 nitrogen and oxygen atoms in total. The van der Waals surface area contributed by atoms with Crippen molar-refractivity contribution < 1.29 is 9.90 Å². The summed E-state index contributed by atoms with van der Waals surface area (Å²) in [7, 11) is 2.16. The van der Waals surface area contributed by atoms with Crippen molar-refractivity contribution in [1.82, 2.24) is 15.1 Å². The lowest BCUT2D eigenvalue weighted by atomic mass is 9.77. The van der Waals surface area contributed by atoms with Gasteiger partial charge in [0.05, 0.1) is 0 Å². The fraction of sp³-hybridized carbons (Fsp3) is 0.938. The van der Waals surface area contributed by atoms with E-state index in [1.54, 1.807) is 0 Å². The number of carboxylic acid groups (broad SMARTS) is 1. The minimum Gasteiger partial charge on any atom is -0.480 e. The minimum absolute atomic E-state index is 0.199. The first kappa shape index (κ1) is 16.7. The van der Waals surface area contributed by atoms with Gasteiger partial charge in [-0.1, -0.05) is 0 Å². The lowest BCUT2D eigenvalue weighted by molar-refractivity contribution is -0.148. The molecule has 2 fully saturated rings. The Morgan fingerprint density at radius 3 is 2.67 bits per heavy atom. The first-order valence-corrected chi connectivity index (χ1v) is 8.29. The van der Waals surface area contributed by atoms with E-state index in [1.165, 1.54) is 0 Å². The van der Waals surface area contributed by atoms with Crippen LogP contribution in [0.1, 0.15) is 46.5 Å². The molecule has 0 bridgehead atoms. The second-order valence-corrected chi connectivity index (χ2v) is 7.29. The molecule has 1 saturated heterocycles. The lowest BCUT2D eigenvalue weighted by Gasteiger charge is -2.48. The average Bonchev–Trinajstić information content (AvgIpc) is 2.37. The van der Waals surface area contributed by atoms with Gasteiger partial charge in [-0.05, 0) is 53.5 Å². The molecular formula is C16H31N3O2. The minimum atomic E-state index is -0.736. The van der Waals surface area contributed by atoms with Crippen LogP contribution in [0.5, 0.6) is 0 Å². The summed E-state index contributed by atoms with van der Waals surface area (Å²) in [5, 5.41) is 13.1. The van der Waals surface area contributed by atoms with Crippen molar-refractivity contribution in [2.24, 2.45) is 0 Å². The van der Waals surface area contributed by atoms with E-state index in [0.29, 0.717) is 12.1 Å². The molecule has 0 aromatic rings. The van der Waals surface area contributed by atoms with E-state index >= 15 is 0 Å². The Morgan fingerprint density at radius 2 is 2.10 bits per heavy atom. The van der Waals surface area contributed by atoms with Crippen molar-refractivity contribution in [3.05, 3.63) is 0 Å². The third-order valence-corrected chi connectivity index (χ3v) is 5.05. The van der Waals surface area contributed by atoms with Gasteiger partial charge in [-0.25, -0.2) is 0 Å². The van der Waals surface area contributed by atoms with Gasteiger partial charge in [0.25, 0.3) is 0 Å². The first-order valence-electron chi connectivity index (χ1n) is 8.29. The van der Waals surface area contributed by atoms with Crippen molar-refractivity contribution in [2.75, 3.05) is 26.7 Å². The van der Waals surface area contributed by atoms with Crippen LogP contribution < -0.4 is 5.32 Å². The Labute approximate surface area is 128 Å². The molecule has 0 aromatic heterocycles. The highest BCUT2D eigenvalue weighted by Crippen LogP contribution is 2.33. The summed E-state index contributed by atoms with van der Waals surface area (Å²) in [6, 6.07) is 1.10. The topological polar surface area (TPSA) is 55.8 Å². The third kappa shape index (κ3) is 3.76. The van der Waals surface area contributed by atoms with Crippen LogP contribution in [0.3, 0.4) is 0 Å². The molecule has 0 spiro atoms. The van der Waals surface area contributed by atoms with Crippen LogP contribution in [0.25, 0.3) is 0 Å². The summed E-state index contributed by atoms with van der Waals surface area (Å²) >= 11 is 0. The van der Waals surface area contributed by atoms with E-state index in [-0.39, 0.29) is 6.04 Å². The summed E-state index contributed by atoms with van der Waals surface area (Å²) in [4.78, 5) is 16.8. The Hall–Kier alpha value is -0.650. The van der Waals surface area contributed by atoms with Crippen LogP contribution in [0, 0.1) is 0 Å². The quantitative estimate of drug-likeness (QED) is 0.821. The smallest absolute Gasteiger partial charge is 0.323 e. The summed E-state index contributed by atoms with van der Waals surface area (Å²) in [5.41, 5.74) is -0.736. The van der Waals surface area contributed by atoms with Crippen LogP contribution in [0.2, 0.25) is 0 Å². The van der Waals surface area contributed by atoms with Gasteiger partial charge in [-0.2, -0.15) is 0 Å². The number of nitrogens with one attached hydrogen (secondary N) is 1. The van der Waals surface area contributed by atoms with Crippen LogP contribution in [-0.2, 0) is 4.79 Å². The molecule has 1 aliphatic carbocycles. The maximum absolute atomic E-state index is 11.9. The zero-order chi connectivity index (χ0) is 15.6. The second kappa shape index (κ2) is 6.63. The van der Waals surface area contributed by atoms with Crippen molar-refractivity contribution in [2.45, 2.75) is 70.1 Å². The SMILES string of the molecule is CC(C)NC1(C(=O)O)CCCC(N2CCN(C)CC2C)C1. The molecule has 5 heteroatoms. The van der Waals surface area contributed by atoms with Crippen LogP contribution in [-0.4, -0.2) is 71.2 Å². The molecule has 3 unspecified atom stereocenters. The number of nitrogens with zero attached hydrogens (tertiary/aromatic N) is 2. The molecular weight excluding hydrogens is 266 g/mol. The highest BCUT2D eigenvalue weighted by molar-refractivity contribution is 5.79. The zero-order valence-electron chi connectivity index (χ0n) is 13.9. The number of likely N-dealkylation sites (N-methyl/N-ethyl adjacent to an activating group) is 1. The molecule has 1 aliphatic heterocycles. The highest BCUT2D eigenvalue weighted by atomic mass is 16.4. The van der Waals surface area contributed by atoms with Crippen molar-refractivity contribution in [3.8, 4) is 0 Å². The summed E-state index contributed by atoms with van der Waals surface area (Å²) in [6.45, 7) is 9.55. The number of aliphatic carboxylic acids is 1. The molecule has 2 aliphatic rings. The summed E-state index contributed by atoms with van der Waals surface area (Å²) in [5.74, 6) is -0.678. The maximum Gasteiger partial charge on any atom is 0.323 e. The van der Waals surface area contributed by atoms with E-state index in [9.17, 15) is 9.90 Å². The van der Waals surface area contributed by atoms with Gasteiger partial charge < -0.3 is 10.0 Å². The Bertz CT molecular complexity index is 375. The molecule has 0 radical (unpaired) electrons. The van der Waals surface area contributed by atoms with Crippen molar-refractivity contribution in [3.63, 3.8) is 0 Å². The predicted molar refractivity (Wildman–Crippen MR) is 84.6 cm³/mol. The summed E-state index contributed by atoms with van der Waals surface area (Å²) < 4.78 is 0. The standard InChI is InChI=1S/C16H31N3O2/c1-12(2)17-16(15(20)21)7-5-6-14(10-16)19-9-8-18(4)11-13(19)3/h12-14,17H,5-11H2,1-4H3,(H,20,21). The van der Waals surface area contributed by atoms with Gasteiger partial charge in [-0.3, -0.25) is 15.0 Å². The van der Waals surface area contributed by atoms with E-state index < -0.39 is 11.5 Å². The number of hydrogen-bond donors (Lipinski definition) is 2. The molecule has 21 heavy (non-hydrogen) atoms. The van der Waals surface area contributed by atoms with E-state index in [2.05, 4.69) is 29.1 Å². The van der Waals surface area contributed by atoms with E-state index in [1.807, 2.05) is 13.8 Å². The Balaban J connectivity index is 2.10. The van der Waals surface area contributed by atoms with Gasteiger partial charge in [0, 0.05) is 37.8 Å². The molecule has 1 saturated carbocycles. The van der Waals surface area contributed by atoms with Gasteiger partial charge >= 0.3 is 5.97 Å². The van der Waals surface area contributed by atoms with Crippen LogP contribution >= 0.6 is 0 Å². The maximum atomic E-state index is 11.9. The molecule has 0 aromatic carbocycles. The van der Waals surface area contributed by atoms with E-state index in [4.69, 9.17) is 0 Å². The molecule has 0 amide bonds. The second-order valence-electron chi connectivity index (χ2n) is 7.29. The van der Waals surface area contributed by atoms with Crippen LogP contribution in [0.15, 0.2) is 0 Å². The molecule has 2 rings (SSSR count). The molecule has 122 valence electrons. The summed E-state index contributed by atoms with van der Waals surface area (Å²) in [6.07, 6.45) is 3.60.